The number of rotatable bonds is 6. The SMILES string of the molecule is COc1cc(C)nc(NCc2ccc(CCN)cc2)n1. The number of anilines is 1. The zero-order chi connectivity index (χ0) is 14.4. The van der Waals surface area contributed by atoms with Gasteiger partial charge in [0.25, 0.3) is 0 Å². The van der Waals surface area contributed by atoms with Gasteiger partial charge >= 0.3 is 0 Å². The van der Waals surface area contributed by atoms with Crippen molar-refractivity contribution in [3.63, 3.8) is 0 Å². The van der Waals surface area contributed by atoms with E-state index in [4.69, 9.17) is 10.5 Å². The molecule has 0 amide bonds. The Balaban J connectivity index is 1.99. The maximum Gasteiger partial charge on any atom is 0.226 e. The number of methoxy groups -OCH3 is 1. The minimum Gasteiger partial charge on any atom is -0.481 e. The summed E-state index contributed by atoms with van der Waals surface area (Å²) in [6, 6.07) is 10.2. The highest BCUT2D eigenvalue weighted by Gasteiger charge is 2.02. The average Bonchev–Trinajstić information content (AvgIpc) is 2.46. The normalized spacial score (nSPS) is 10.3. The number of benzene rings is 1. The molecule has 0 fully saturated rings. The van der Waals surface area contributed by atoms with Crippen molar-refractivity contribution in [1.29, 1.82) is 0 Å². The lowest BCUT2D eigenvalue weighted by atomic mass is 10.1. The van der Waals surface area contributed by atoms with Gasteiger partial charge in [0, 0.05) is 18.3 Å². The largest absolute Gasteiger partial charge is 0.481 e. The molecule has 5 nitrogen and oxygen atoms in total. The highest BCUT2D eigenvalue weighted by molar-refractivity contribution is 5.33. The molecule has 1 heterocycles. The molecule has 0 radical (unpaired) electrons. The molecule has 0 saturated carbocycles. The van der Waals surface area contributed by atoms with Gasteiger partial charge in [-0.25, -0.2) is 4.98 Å². The fourth-order valence-electron chi connectivity index (χ4n) is 1.89. The van der Waals surface area contributed by atoms with Crippen molar-refractivity contribution in [2.45, 2.75) is 19.9 Å². The molecule has 0 aliphatic carbocycles. The molecule has 0 saturated heterocycles. The Morgan fingerprint density at radius 1 is 1.15 bits per heavy atom. The third kappa shape index (κ3) is 3.93. The number of nitrogens with one attached hydrogen (secondary N) is 1. The molecule has 5 heteroatoms. The van der Waals surface area contributed by atoms with E-state index in [1.165, 1.54) is 11.1 Å². The summed E-state index contributed by atoms with van der Waals surface area (Å²) in [5, 5.41) is 3.20. The summed E-state index contributed by atoms with van der Waals surface area (Å²) in [7, 11) is 1.60. The van der Waals surface area contributed by atoms with Crippen LogP contribution in [0.5, 0.6) is 5.88 Å². The van der Waals surface area contributed by atoms with Gasteiger partial charge in [-0.1, -0.05) is 24.3 Å². The Labute approximate surface area is 119 Å². The molecule has 0 bridgehead atoms. The molecule has 3 N–H and O–H groups in total. The number of nitrogens with two attached hydrogens (primary N) is 1. The van der Waals surface area contributed by atoms with Crippen LogP contribution in [0.4, 0.5) is 5.95 Å². The monoisotopic (exact) mass is 272 g/mol. The molecule has 20 heavy (non-hydrogen) atoms. The topological polar surface area (TPSA) is 73.1 Å². The molecule has 0 aliphatic heterocycles. The lowest BCUT2D eigenvalue weighted by molar-refractivity contribution is 0.397. The van der Waals surface area contributed by atoms with Crippen LogP contribution < -0.4 is 15.8 Å². The van der Waals surface area contributed by atoms with Crippen molar-refractivity contribution in [3.05, 3.63) is 47.2 Å². The molecular weight excluding hydrogens is 252 g/mol. The van der Waals surface area contributed by atoms with Crippen molar-refractivity contribution >= 4 is 5.95 Å². The number of hydrogen-bond donors (Lipinski definition) is 2. The van der Waals surface area contributed by atoms with Gasteiger partial charge in [0.05, 0.1) is 7.11 Å². The molecule has 0 unspecified atom stereocenters. The Kier molecular flexibility index (Phi) is 4.90. The minimum atomic E-state index is 0.568. The van der Waals surface area contributed by atoms with Crippen LogP contribution in [0.3, 0.4) is 0 Å². The van der Waals surface area contributed by atoms with E-state index >= 15 is 0 Å². The molecule has 1 aromatic carbocycles. The van der Waals surface area contributed by atoms with Crippen LogP contribution >= 0.6 is 0 Å². The van der Waals surface area contributed by atoms with Crippen molar-refractivity contribution in [1.82, 2.24) is 9.97 Å². The summed E-state index contributed by atoms with van der Waals surface area (Å²) in [6.45, 7) is 3.26. The van der Waals surface area contributed by atoms with Gasteiger partial charge in [0.2, 0.25) is 11.8 Å². The second-order valence-electron chi connectivity index (χ2n) is 4.58. The molecule has 0 atom stereocenters. The highest BCUT2D eigenvalue weighted by atomic mass is 16.5. The molecule has 0 spiro atoms. The van der Waals surface area contributed by atoms with E-state index in [1.54, 1.807) is 13.2 Å². The van der Waals surface area contributed by atoms with Crippen molar-refractivity contribution < 1.29 is 4.74 Å². The summed E-state index contributed by atoms with van der Waals surface area (Å²) in [4.78, 5) is 8.58. The second kappa shape index (κ2) is 6.86. The van der Waals surface area contributed by atoms with Gasteiger partial charge in [-0.15, -0.1) is 0 Å². The standard InChI is InChI=1S/C15H20N4O/c1-11-9-14(20-2)19-15(18-11)17-10-13-5-3-12(4-6-13)7-8-16/h3-6,9H,7-8,10,16H2,1-2H3,(H,17,18,19). The van der Waals surface area contributed by atoms with E-state index in [-0.39, 0.29) is 0 Å². The Bertz CT molecular complexity index is 554. The highest BCUT2D eigenvalue weighted by Crippen LogP contribution is 2.12. The molecule has 0 aliphatic rings. The van der Waals surface area contributed by atoms with Gasteiger partial charge in [-0.3, -0.25) is 0 Å². The molecule has 2 rings (SSSR count). The van der Waals surface area contributed by atoms with Crippen LogP contribution in [0, 0.1) is 6.92 Å². The minimum absolute atomic E-state index is 0.568. The smallest absolute Gasteiger partial charge is 0.226 e. The maximum absolute atomic E-state index is 5.53. The van der Waals surface area contributed by atoms with E-state index in [2.05, 4.69) is 39.6 Å². The molecular formula is C15H20N4O. The van der Waals surface area contributed by atoms with Crippen LogP contribution in [-0.4, -0.2) is 23.6 Å². The number of ether oxygens (including phenoxy) is 1. The fraction of sp³-hybridized carbons (Fsp3) is 0.333. The summed E-state index contributed by atoms with van der Waals surface area (Å²) in [5.41, 5.74) is 8.84. The summed E-state index contributed by atoms with van der Waals surface area (Å²) < 4.78 is 5.13. The predicted octanol–water partition coefficient (Wildman–Crippen LogP) is 1.91. The van der Waals surface area contributed by atoms with Crippen LogP contribution in [-0.2, 0) is 13.0 Å². The molecule has 106 valence electrons. The quantitative estimate of drug-likeness (QED) is 0.840. The van der Waals surface area contributed by atoms with Gasteiger partial charge in [-0.05, 0) is 31.0 Å². The second-order valence-corrected chi connectivity index (χ2v) is 4.58. The summed E-state index contributed by atoms with van der Waals surface area (Å²) in [5.74, 6) is 1.14. The number of aromatic nitrogens is 2. The first-order valence-corrected chi connectivity index (χ1v) is 6.62. The van der Waals surface area contributed by atoms with Crippen molar-refractivity contribution in [3.8, 4) is 5.88 Å². The number of aryl methyl sites for hydroxylation is 1. The first-order chi connectivity index (χ1) is 9.71. The Morgan fingerprint density at radius 2 is 1.85 bits per heavy atom. The number of hydrogen-bond acceptors (Lipinski definition) is 5. The predicted molar refractivity (Wildman–Crippen MR) is 79.8 cm³/mol. The van der Waals surface area contributed by atoms with Gasteiger partial charge in [0.1, 0.15) is 0 Å². The van der Waals surface area contributed by atoms with Crippen LogP contribution in [0.1, 0.15) is 16.8 Å². The zero-order valence-corrected chi connectivity index (χ0v) is 11.9. The van der Waals surface area contributed by atoms with E-state index in [1.807, 2.05) is 6.92 Å². The lowest BCUT2D eigenvalue weighted by Crippen LogP contribution is -2.06. The van der Waals surface area contributed by atoms with Gasteiger partial charge < -0.3 is 15.8 Å². The molecule has 2 aromatic rings. The molecule has 1 aromatic heterocycles. The van der Waals surface area contributed by atoms with E-state index < -0.39 is 0 Å². The first kappa shape index (κ1) is 14.3. The van der Waals surface area contributed by atoms with Crippen LogP contribution in [0.25, 0.3) is 0 Å². The van der Waals surface area contributed by atoms with E-state index in [0.717, 1.165) is 12.1 Å². The zero-order valence-electron chi connectivity index (χ0n) is 11.9. The average molecular weight is 272 g/mol. The third-order valence-electron chi connectivity index (χ3n) is 2.95. The Hall–Kier alpha value is -2.14. The van der Waals surface area contributed by atoms with Crippen molar-refractivity contribution in [2.24, 2.45) is 5.73 Å². The van der Waals surface area contributed by atoms with E-state index in [0.29, 0.717) is 24.9 Å². The first-order valence-electron chi connectivity index (χ1n) is 6.62. The van der Waals surface area contributed by atoms with Crippen molar-refractivity contribution in [2.75, 3.05) is 19.0 Å². The van der Waals surface area contributed by atoms with Crippen LogP contribution in [0.15, 0.2) is 30.3 Å². The number of nitrogens with zero attached hydrogens (tertiary/aromatic N) is 2. The summed E-state index contributed by atoms with van der Waals surface area (Å²) in [6.07, 6.45) is 0.909. The van der Waals surface area contributed by atoms with E-state index in [9.17, 15) is 0 Å². The van der Waals surface area contributed by atoms with Gasteiger partial charge in [-0.2, -0.15) is 4.98 Å². The fourth-order valence-corrected chi connectivity index (χ4v) is 1.89. The summed E-state index contributed by atoms with van der Waals surface area (Å²) >= 11 is 0. The van der Waals surface area contributed by atoms with Gasteiger partial charge in [0.15, 0.2) is 0 Å². The Morgan fingerprint density at radius 3 is 2.50 bits per heavy atom. The lowest BCUT2D eigenvalue weighted by Gasteiger charge is -2.08. The van der Waals surface area contributed by atoms with Crippen LogP contribution in [0.2, 0.25) is 0 Å². The third-order valence-corrected chi connectivity index (χ3v) is 2.95. The maximum atomic E-state index is 5.53.